The number of rotatable bonds is 3. The van der Waals surface area contributed by atoms with Gasteiger partial charge in [-0.15, -0.1) is 0 Å². The molecule has 0 amide bonds. The minimum Gasteiger partial charge on any atom is -0.397 e. The molecule has 6 nitrogen and oxygen atoms in total. The van der Waals surface area contributed by atoms with Gasteiger partial charge in [-0.3, -0.25) is 0 Å². The summed E-state index contributed by atoms with van der Waals surface area (Å²) < 4.78 is 47.8. The number of allylic oxidation sites excluding steroid dienone is 1. The van der Waals surface area contributed by atoms with E-state index in [1.54, 1.807) is 0 Å². The average Bonchev–Trinajstić information content (AvgIpc) is 2.32. The van der Waals surface area contributed by atoms with Gasteiger partial charge in [0.1, 0.15) is 4.91 Å². The first kappa shape index (κ1) is 11.2. The first-order valence-corrected chi connectivity index (χ1v) is 7.04. The first-order valence-electron chi connectivity index (χ1n) is 3.78. The van der Waals surface area contributed by atoms with Crippen LogP contribution in [0.15, 0.2) is 15.0 Å². The molecule has 80 valence electrons. The summed E-state index contributed by atoms with van der Waals surface area (Å²) in [6.45, 7) is 1.44. The Morgan fingerprint density at radius 1 is 1.50 bits per heavy atom. The number of hydrogen-bond acceptors (Lipinski definition) is 5. The van der Waals surface area contributed by atoms with Crippen LogP contribution in [-0.2, 0) is 19.9 Å². The van der Waals surface area contributed by atoms with E-state index in [-0.39, 0.29) is 16.4 Å². The standard InChI is InChI=1S/C6H10N2O4S2/c1-2-13(9,10)4-6-5(7)3-8-14(6,11)12/h3H,2,4,7H2,1H3. The first-order chi connectivity index (χ1) is 6.28. The highest BCUT2D eigenvalue weighted by atomic mass is 32.2. The monoisotopic (exact) mass is 238 g/mol. The third-order valence-electron chi connectivity index (χ3n) is 1.75. The van der Waals surface area contributed by atoms with Crippen LogP contribution >= 0.6 is 0 Å². The van der Waals surface area contributed by atoms with Gasteiger partial charge in [0.25, 0.3) is 10.0 Å². The van der Waals surface area contributed by atoms with E-state index in [4.69, 9.17) is 5.73 Å². The highest BCUT2D eigenvalue weighted by Gasteiger charge is 2.28. The van der Waals surface area contributed by atoms with Crippen LogP contribution in [0.25, 0.3) is 0 Å². The largest absolute Gasteiger partial charge is 0.397 e. The Morgan fingerprint density at radius 3 is 2.43 bits per heavy atom. The van der Waals surface area contributed by atoms with Crippen molar-refractivity contribution in [1.82, 2.24) is 0 Å². The molecule has 0 aromatic rings. The van der Waals surface area contributed by atoms with Crippen LogP contribution in [0.3, 0.4) is 0 Å². The topological polar surface area (TPSA) is 107 Å². The van der Waals surface area contributed by atoms with Crippen molar-refractivity contribution in [3.05, 3.63) is 10.6 Å². The quantitative estimate of drug-likeness (QED) is 0.679. The molecule has 8 heteroatoms. The molecule has 1 rings (SSSR count). The summed E-state index contributed by atoms with van der Waals surface area (Å²) in [4.78, 5) is -0.320. The molecule has 0 saturated carbocycles. The maximum absolute atomic E-state index is 11.2. The fourth-order valence-electron chi connectivity index (χ4n) is 0.870. The van der Waals surface area contributed by atoms with Gasteiger partial charge in [0.15, 0.2) is 9.84 Å². The predicted octanol–water partition coefficient (Wildman–Crippen LogP) is -0.994. The summed E-state index contributed by atoms with van der Waals surface area (Å²) in [6.07, 6.45) is 0.954. The van der Waals surface area contributed by atoms with Gasteiger partial charge in [-0.2, -0.15) is 12.8 Å². The van der Waals surface area contributed by atoms with E-state index in [2.05, 4.69) is 4.40 Å². The Morgan fingerprint density at radius 2 is 2.07 bits per heavy atom. The summed E-state index contributed by atoms with van der Waals surface area (Å²) in [5.41, 5.74) is 5.21. The lowest BCUT2D eigenvalue weighted by Crippen LogP contribution is -2.17. The second kappa shape index (κ2) is 3.35. The lowest BCUT2D eigenvalue weighted by Gasteiger charge is -2.02. The minimum absolute atomic E-state index is 0.0953. The highest BCUT2D eigenvalue weighted by Crippen LogP contribution is 2.18. The molecule has 0 aromatic heterocycles. The normalized spacial score (nSPS) is 20.4. The van der Waals surface area contributed by atoms with Crippen molar-refractivity contribution < 1.29 is 16.8 Å². The number of nitrogens with zero attached hydrogens (tertiary/aromatic N) is 1. The summed E-state index contributed by atoms with van der Waals surface area (Å²) in [6, 6.07) is 0. The maximum Gasteiger partial charge on any atom is 0.281 e. The van der Waals surface area contributed by atoms with Gasteiger partial charge in [-0.25, -0.2) is 8.42 Å². The molecule has 0 bridgehead atoms. The summed E-state index contributed by atoms with van der Waals surface area (Å²) in [5.74, 6) is -0.697. The summed E-state index contributed by atoms with van der Waals surface area (Å²) in [7, 11) is -7.24. The Labute approximate surface area is 82.5 Å². The summed E-state index contributed by atoms with van der Waals surface area (Å²) >= 11 is 0. The van der Waals surface area contributed by atoms with Gasteiger partial charge in [0, 0.05) is 5.75 Å². The molecule has 2 N–H and O–H groups in total. The van der Waals surface area contributed by atoms with E-state index < -0.39 is 25.6 Å². The zero-order valence-corrected chi connectivity index (χ0v) is 9.10. The third-order valence-corrected chi connectivity index (χ3v) is 4.93. The fourth-order valence-corrected chi connectivity index (χ4v) is 3.51. The molecular weight excluding hydrogens is 228 g/mol. The molecule has 0 aliphatic carbocycles. The van der Waals surface area contributed by atoms with Crippen molar-refractivity contribution in [1.29, 1.82) is 0 Å². The van der Waals surface area contributed by atoms with Crippen LogP contribution in [-0.4, -0.2) is 34.6 Å². The molecule has 0 spiro atoms. The summed E-state index contributed by atoms with van der Waals surface area (Å²) in [5, 5.41) is 0. The average molecular weight is 238 g/mol. The second-order valence-corrected chi connectivity index (χ2v) is 6.77. The lowest BCUT2D eigenvalue weighted by atomic mass is 10.5. The van der Waals surface area contributed by atoms with Crippen molar-refractivity contribution in [3.8, 4) is 0 Å². The molecule has 0 radical (unpaired) electrons. The molecule has 1 aliphatic rings. The van der Waals surface area contributed by atoms with E-state index in [9.17, 15) is 16.8 Å². The SMILES string of the molecule is CCS(=O)(=O)CC1=C(N)C=NS1(=O)=O. The van der Waals surface area contributed by atoms with Gasteiger partial charge in [-0.05, 0) is 0 Å². The van der Waals surface area contributed by atoms with Gasteiger partial charge < -0.3 is 5.73 Å². The van der Waals surface area contributed by atoms with Crippen molar-refractivity contribution in [2.24, 2.45) is 10.1 Å². The maximum atomic E-state index is 11.2. The smallest absolute Gasteiger partial charge is 0.281 e. The van der Waals surface area contributed by atoms with Crippen molar-refractivity contribution in [2.75, 3.05) is 11.5 Å². The van der Waals surface area contributed by atoms with Crippen LogP contribution in [0, 0.1) is 0 Å². The van der Waals surface area contributed by atoms with Gasteiger partial charge >= 0.3 is 0 Å². The number of hydrogen-bond donors (Lipinski definition) is 1. The Hall–Kier alpha value is -0.890. The van der Waals surface area contributed by atoms with Gasteiger partial charge in [-0.1, -0.05) is 6.92 Å². The van der Waals surface area contributed by atoms with Crippen molar-refractivity contribution in [3.63, 3.8) is 0 Å². The van der Waals surface area contributed by atoms with E-state index in [1.165, 1.54) is 6.92 Å². The number of nitrogens with two attached hydrogens (primary N) is 1. The molecule has 14 heavy (non-hydrogen) atoms. The molecule has 0 aromatic carbocycles. The van der Waals surface area contributed by atoms with Crippen LogP contribution in [0.1, 0.15) is 6.92 Å². The Kier molecular flexibility index (Phi) is 2.68. The van der Waals surface area contributed by atoms with E-state index >= 15 is 0 Å². The molecule has 1 aliphatic heterocycles. The molecule has 1 heterocycles. The second-order valence-electron chi connectivity index (χ2n) is 2.76. The van der Waals surface area contributed by atoms with Gasteiger partial charge in [0.05, 0.1) is 17.7 Å². The third kappa shape index (κ3) is 2.13. The van der Waals surface area contributed by atoms with Crippen LogP contribution in [0.2, 0.25) is 0 Å². The number of sulfone groups is 1. The van der Waals surface area contributed by atoms with E-state index in [0.29, 0.717) is 0 Å². The van der Waals surface area contributed by atoms with E-state index in [0.717, 1.165) is 6.21 Å². The van der Waals surface area contributed by atoms with Gasteiger partial charge in [0.2, 0.25) is 0 Å². The molecule has 0 saturated heterocycles. The van der Waals surface area contributed by atoms with Crippen LogP contribution in [0.4, 0.5) is 0 Å². The Bertz CT molecular complexity index is 498. The molecule has 0 unspecified atom stereocenters. The van der Waals surface area contributed by atoms with Crippen molar-refractivity contribution >= 4 is 26.1 Å². The van der Waals surface area contributed by atoms with Crippen LogP contribution in [0.5, 0.6) is 0 Å². The van der Waals surface area contributed by atoms with Crippen molar-refractivity contribution in [2.45, 2.75) is 6.92 Å². The number of sulfonamides is 1. The zero-order chi connectivity index (χ0) is 11.0. The Balaban J connectivity index is 3.10. The van der Waals surface area contributed by atoms with E-state index in [1.807, 2.05) is 0 Å². The lowest BCUT2D eigenvalue weighted by molar-refractivity contribution is 0.594. The zero-order valence-electron chi connectivity index (χ0n) is 7.47. The van der Waals surface area contributed by atoms with Crippen LogP contribution < -0.4 is 5.73 Å². The highest BCUT2D eigenvalue weighted by molar-refractivity contribution is 7.97. The molecular formula is C6H10N2O4S2. The minimum atomic E-state index is -3.83. The molecule has 0 fully saturated rings. The molecule has 0 atom stereocenters. The predicted molar refractivity (Wildman–Crippen MR) is 53.0 cm³/mol. The fraction of sp³-hybridized carbons (Fsp3) is 0.500.